The maximum atomic E-state index is 4.91. The maximum absolute atomic E-state index is 4.91. The highest BCUT2D eigenvalue weighted by atomic mass is 15.1. The second-order valence-electron chi connectivity index (χ2n) is 30.6. The monoisotopic (exact) mass is 1310 g/mol. The van der Waals surface area contributed by atoms with Crippen molar-refractivity contribution < 1.29 is 0 Å². The van der Waals surface area contributed by atoms with E-state index in [4.69, 9.17) is 19.9 Å². The van der Waals surface area contributed by atoms with E-state index in [2.05, 4.69) is 335 Å². The van der Waals surface area contributed by atoms with Crippen molar-refractivity contribution in [1.82, 2.24) is 39.0 Å². The number of imidazole rings is 2. The summed E-state index contributed by atoms with van der Waals surface area (Å²) in [6, 6.07) is 102. The van der Waals surface area contributed by atoms with Crippen LogP contribution >= 0.6 is 0 Å². The van der Waals surface area contributed by atoms with E-state index in [1.807, 2.05) is 84.9 Å². The molecule has 0 unspecified atom stereocenters. The SMILES string of the molecule is CC(C)(C)c1ccc(-c2cc(-c3ccccc3)nc(-c3ccccc3)n2)cc1.CC(C)(C)c1ccc(-c2nc3ccccc3n2-c2ccccc2)cc1.CC(C)(C)c1ccc2ccccc2n1.CC(C)(C)c1ccc2ccccc2n1.CC(C)(C)c1nc2ccccc2n1-c1ccccc1. The minimum atomic E-state index is 0.00879. The van der Waals surface area contributed by atoms with E-state index in [0.717, 1.165) is 95.8 Å². The molecule has 5 heterocycles. The van der Waals surface area contributed by atoms with Crippen LogP contribution in [0.4, 0.5) is 0 Å². The van der Waals surface area contributed by atoms with Crippen molar-refractivity contribution in [3.05, 3.63) is 326 Å². The summed E-state index contributed by atoms with van der Waals surface area (Å²) in [6.07, 6.45) is 0. The molecule has 0 bridgehead atoms. The fraction of sp³-hybridized carbons (Fsp3) is 0.217. The molecule has 8 heteroatoms. The average molecular weight is 1310 g/mol. The fourth-order valence-electron chi connectivity index (χ4n) is 11.7. The minimum absolute atomic E-state index is 0.00879. The summed E-state index contributed by atoms with van der Waals surface area (Å²) >= 11 is 0. The first-order valence-corrected chi connectivity index (χ1v) is 34.8. The Morgan fingerprint density at radius 3 is 1.02 bits per heavy atom. The Balaban J connectivity index is 0.000000129. The molecule has 0 saturated carbocycles. The Hall–Kier alpha value is -11.0. The van der Waals surface area contributed by atoms with E-state index in [9.17, 15) is 0 Å². The highest BCUT2D eigenvalue weighted by Gasteiger charge is 2.24. The Morgan fingerprint density at radius 2 is 0.590 bits per heavy atom. The number of pyridine rings is 2. The minimum Gasteiger partial charge on any atom is -0.296 e. The zero-order chi connectivity index (χ0) is 70.8. The Labute approximate surface area is 592 Å². The summed E-state index contributed by atoms with van der Waals surface area (Å²) in [5.41, 5.74) is 20.5. The molecule has 0 atom stereocenters. The van der Waals surface area contributed by atoms with Crippen LogP contribution in [-0.2, 0) is 27.1 Å². The van der Waals surface area contributed by atoms with E-state index < -0.39 is 0 Å². The number of rotatable bonds is 6. The largest absolute Gasteiger partial charge is 0.296 e. The van der Waals surface area contributed by atoms with E-state index in [0.29, 0.717) is 0 Å². The third-order valence-corrected chi connectivity index (χ3v) is 17.4. The van der Waals surface area contributed by atoms with Crippen LogP contribution in [0.1, 0.15) is 132 Å². The van der Waals surface area contributed by atoms with Gasteiger partial charge in [-0.15, -0.1) is 0 Å². The lowest BCUT2D eigenvalue weighted by Crippen LogP contribution is -2.18. The van der Waals surface area contributed by atoms with Crippen molar-refractivity contribution in [1.29, 1.82) is 0 Å². The van der Waals surface area contributed by atoms with Crippen molar-refractivity contribution >= 4 is 43.9 Å². The number of para-hydroxylation sites is 8. The number of hydrogen-bond acceptors (Lipinski definition) is 6. The van der Waals surface area contributed by atoms with Gasteiger partial charge in [-0.25, -0.2) is 19.9 Å². The topological polar surface area (TPSA) is 87.2 Å². The van der Waals surface area contributed by atoms with Gasteiger partial charge < -0.3 is 0 Å². The molecular weight excluding hydrogens is 1220 g/mol. The number of aromatic nitrogens is 8. The average Bonchev–Trinajstić information content (AvgIpc) is 1.64. The van der Waals surface area contributed by atoms with Gasteiger partial charge in [-0.2, -0.15) is 0 Å². The van der Waals surface area contributed by atoms with Crippen LogP contribution < -0.4 is 0 Å². The van der Waals surface area contributed by atoms with E-state index >= 15 is 0 Å². The molecular formula is C92H94N8. The number of nitrogens with zero attached hydrogens (tertiary/aromatic N) is 8. The van der Waals surface area contributed by atoms with Gasteiger partial charge >= 0.3 is 0 Å². The van der Waals surface area contributed by atoms with Crippen molar-refractivity contribution in [2.75, 3.05) is 0 Å². The van der Waals surface area contributed by atoms with Crippen LogP contribution in [0.25, 0.3) is 101 Å². The van der Waals surface area contributed by atoms with Crippen LogP contribution in [0.2, 0.25) is 0 Å². The Bertz CT molecular complexity index is 5010. The summed E-state index contributed by atoms with van der Waals surface area (Å²) in [5.74, 6) is 2.82. The van der Waals surface area contributed by atoms with Gasteiger partial charge in [0, 0.05) is 72.0 Å². The van der Waals surface area contributed by atoms with Crippen LogP contribution in [0.5, 0.6) is 0 Å². The molecule has 10 aromatic carbocycles. The van der Waals surface area contributed by atoms with Crippen LogP contribution in [0.3, 0.4) is 0 Å². The summed E-state index contributed by atoms with van der Waals surface area (Å²) in [5, 5.41) is 2.42. The molecule has 100 heavy (non-hydrogen) atoms. The van der Waals surface area contributed by atoms with Gasteiger partial charge in [0.2, 0.25) is 0 Å². The summed E-state index contributed by atoms with van der Waals surface area (Å²) < 4.78 is 4.50. The second-order valence-corrected chi connectivity index (χ2v) is 30.6. The van der Waals surface area contributed by atoms with Crippen molar-refractivity contribution in [2.45, 2.75) is 131 Å². The van der Waals surface area contributed by atoms with Gasteiger partial charge in [0.1, 0.15) is 11.6 Å². The fourth-order valence-corrected chi connectivity index (χ4v) is 11.7. The van der Waals surface area contributed by atoms with E-state index in [1.165, 1.54) is 33.1 Å². The second kappa shape index (κ2) is 30.0. The molecule has 15 aromatic rings. The van der Waals surface area contributed by atoms with Crippen LogP contribution in [0.15, 0.2) is 297 Å². The van der Waals surface area contributed by atoms with Crippen molar-refractivity contribution in [3.63, 3.8) is 0 Å². The lowest BCUT2D eigenvalue weighted by Gasteiger charge is -2.20. The first-order chi connectivity index (χ1) is 47.8. The smallest absolute Gasteiger partial charge is 0.160 e. The molecule has 0 fully saturated rings. The molecule has 0 amide bonds. The lowest BCUT2D eigenvalue weighted by molar-refractivity contribution is 0.539. The van der Waals surface area contributed by atoms with Gasteiger partial charge in [0.15, 0.2) is 5.82 Å². The molecule has 0 aliphatic carbocycles. The predicted molar refractivity (Wildman–Crippen MR) is 423 cm³/mol. The van der Waals surface area contributed by atoms with Crippen molar-refractivity contribution in [2.24, 2.45) is 0 Å². The molecule has 0 aliphatic heterocycles. The van der Waals surface area contributed by atoms with Crippen molar-refractivity contribution in [3.8, 4) is 56.7 Å². The lowest BCUT2D eigenvalue weighted by atomic mass is 9.86. The molecule has 0 aliphatic rings. The quantitative estimate of drug-likeness (QED) is 0.165. The highest BCUT2D eigenvalue weighted by Crippen LogP contribution is 2.35. The van der Waals surface area contributed by atoms with Gasteiger partial charge in [0.25, 0.3) is 0 Å². The molecule has 0 radical (unpaired) electrons. The maximum Gasteiger partial charge on any atom is 0.160 e. The van der Waals surface area contributed by atoms with Gasteiger partial charge in [0.05, 0.1) is 44.5 Å². The normalized spacial score (nSPS) is 11.8. The first-order valence-electron chi connectivity index (χ1n) is 34.8. The number of benzene rings is 10. The Kier molecular flexibility index (Phi) is 21.1. The molecule has 0 spiro atoms. The van der Waals surface area contributed by atoms with Crippen LogP contribution in [-0.4, -0.2) is 39.0 Å². The third kappa shape index (κ3) is 17.3. The zero-order valence-corrected chi connectivity index (χ0v) is 60.9. The summed E-state index contributed by atoms with van der Waals surface area (Å²) in [4.78, 5) is 28.8. The van der Waals surface area contributed by atoms with Crippen LogP contribution in [0, 0.1) is 0 Å². The highest BCUT2D eigenvalue weighted by molar-refractivity contribution is 5.84. The summed E-state index contributed by atoms with van der Waals surface area (Å²) in [6.45, 7) is 33.1. The first kappa shape index (κ1) is 70.4. The molecule has 0 N–H and O–H groups in total. The van der Waals surface area contributed by atoms with Gasteiger partial charge in [-0.05, 0) is 101 Å². The zero-order valence-electron chi connectivity index (χ0n) is 60.9. The number of hydrogen-bond donors (Lipinski definition) is 0. The molecule has 8 nitrogen and oxygen atoms in total. The predicted octanol–water partition coefficient (Wildman–Crippen LogP) is 24.2. The Morgan fingerprint density at radius 1 is 0.240 bits per heavy atom. The molecule has 15 rings (SSSR count). The summed E-state index contributed by atoms with van der Waals surface area (Å²) in [7, 11) is 0. The number of fused-ring (bicyclic) bond motifs is 4. The van der Waals surface area contributed by atoms with E-state index in [1.54, 1.807) is 0 Å². The molecule has 5 aromatic heterocycles. The standard InChI is InChI=1S/C26H24N2.C23H22N2.C17H18N2.2C13H15N/c1-26(2,3)22-16-14-20(15-17-22)24-18-23(19-10-6-4-7-11-19)27-25(28-24)21-12-8-5-9-13-21;1-23(2,3)18-15-13-17(14-16-18)22-24-20-11-7-8-12-21(20)25(22)19-9-5-4-6-10-19;1-17(2,3)16-18-14-11-7-8-12-15(14)19(16)13-9-5-4-6-10-13;2*1-13(2,3)12-9-8-10-6-4-5-7-11(10)14-12/h4-18H,1-3H3;4-16H,1-3H3;4-12H,1-3H3;2*4-9H,1-3H3. The van der Waals surface area contributed by atoms with Gasteiger partial charge in [-0.3, -0.25) is 19.1 Å². The van der Waals surface area contributed by atoms with Gasteiger partial charge in [-0.1, -0.05) is 322 Å². The van der Waals surface area contributed by atoms with E-state index in [-0.39, 0.29) is 27.1 Å². The third-order valence-electron chi connectivity index (χ3n) is 17.4. The molecule has 502 valence electrons. The molecule has 0 saturated heterocycles.